The van der Waals surface area contributed by atoms with E-state index in [1.54, 1.807) is 9.58 Å². The molecule has 2 aliphatic rings. The number of nitrogens with one attached hydrogen (secondary N) is 2. The van der Waals surface area contributed by atoms with Gasteiger partial charge in [-0.05, 0) is 24.8 Å². The molecule has 2 amide bonds. The number of amides is 2. The highest BCUT2D eigenvalue weighted by Crippen LogP contribution is 2.32. The van der Waals surface area contributed by atoms with E-state index in [0.29, 0.717) is 44.9 Å². The van der Waals surface area contributed by atoms with Crippen LogP contribution in [0.15, 0.2) is 30.3 Å². The number of hydrogen-bond donors (Lipinski definition) is 2. The predicted octanol–water partition coefficient (Wildman–Crippen LogP) is 1.03. The van der Waals surface area contributed by atoms with Crippen molar-refractivity contribution in [2.45, 2.75) is 51.5 Å². The zero-order chi connectivity index (χ0) is 22.6. The molecule has 4 rings (SSSR count). The van der Waals surface area contributed by atoms with E-state index in [1.807, 2.05) is 37.3 Å². The number of ether oxygens (including phenoxy) is 1. The minimum absolute atomic E-state index is 0.0827. The lowest BCUT2D eigenvalue weighted by molar-refractivity contribution is -0.0824. The standard InChI is InChI=1S/C21H30N6O4S/c1-2-12-32(29,30)23-13-18-19-14-31-21(16-27(19)25-24-18)9-11-26(15-21)20(28)22-10-8-17-6-4-3-5-7-17/h3-7,23H,2,8-16H2,1H3,(H,22,28). The van der Waals surface area contributed by atoms with Crippen molar-refractivity contribution >= 4 is 16.1 Å². The summed E-state index contributed by atoms with van der Waals surface area (Å²) in [5, 5.41) is 11.4. The molecule has 32 heavy (non-hydrogen) atoms. The van der Waals surface area contributed by atoms with Gasteiger partial charge in [0.05, 0.1) is 37.7 Å². The Hall–Kier alpha value is -2.50. The number of sulfonamides is 1. The van der Waals surface area contributed by atoms with Crippen molar-refractivity contribution in [2.75, 3.05) is 25.4 Å². The maximum Gasteiger partial charge on any atom is 0.317 e. The number of urea groups is 1. The van der Waals surface area contributed by atoms with Gasteiger partial charge in [0.1, 0.15) is 11.3 Å². The largest absolute Gasteiger partial charge is 0.365 e. The molecule has 1 unspecified atom stereocenters. The van der Waals surface area contributed by atoms with Crippen molar-refractivity contribution in [3.05, 3.63) is 47.3 Å². The topological polar surface area (TPSA) is 118 Å². The second-order valence-electron chi connectivity index (χ2n) is 8.39. The maximum atomic E-state index is 12.6. The molecule has 0 aliphatic carbocycles. The van der Waals surface area contributed by atoms with Gasteiger partial charge in [-0.1, -0.05) is 42.5 Å². The molecule has 0 saturated carbocycles. The number of likely N-dealkylation sites (tertiary alicyclic amines) is 1. The molecule has 0 bridgehead atoms. The van der Waals surface area contributed by atoms with Crippen LogP contribution in [0.4, 0.5) is 4.79 Å². The van der Waals surface area contributed by atoms with Crippen LogP contribution in [-0.2, 0) is 40.9 Å². The van der Waals surface area contributed by atoms with Crippen molar-refractivity contribution in [1.82, 2.24) is 29.9 Å². The van der Waals surface area contributed by atoms with Gasteiger partial charge in [0.2, 0.25) is 10.0 Å². The van der Waals surface area contributed by atoms with Crippen molar-refractivity contribution in [3.63, 3.8) is 0 Å². The fourth-order valence-corrected chi connectivity index (χ4v) is 5.22. The van der Waals surface area contributed by atoms with Crippen molar-refractivity contribution < 1.29 is 17.9 Å². The Kier molecular flexibility index (Phi) is 6.77. The van der Waals surface area contributed by atoms with Gasteiger partial charge in [-0.25, -0.2) is 22.6 Å². The van der Waals surface area contributed by atoms with Gasteiger partial charge in [0.15, 0.2) is 0 Å². The van der Waals surface area contributed by atoms with E-state index in [9.17, 15) is 13.2 Å². The first-order valence-electron chi connectivity index (χ1n) is 11.0. The van der Waals surface area contributed by atoms with Gasteiger partial charge in [0.25, 0.3) is 0 Å². The Bertz CT molecular complexity index is 1040. The Morgan fingerprint density at radius 3 is 2.84 bits per heavy atom. The number of carbonyl (C=O) groups excluding carboxylic acids is 1. The van der Waals surface area contributed by atoms with Crippen LogP contribution < -0.4 is 10.0 Å². The average molecular weight is 463 g/mol. The van der Waals surface area contributed by atoms with E-state index >= 15 is 0 Å². The number of nitrogens with zero attached hydrogens (tertiary/aromatic N) is 4. The van der Waals surface area contributed by atoms with Crippen LogP contribution in [0.25, 0.3) is 0 Å². The number of carbonyl (C=O) groups is 1. The molecule has 1 aromatic heterocycles. The van der Waals surface area contributed by atoms with Crippen LogP contribution >= 0.6 is 0 Å². The second kappa shape index (κ2) is 9.55. The van der Waals surface area contributed by atoms with E-state index in [1.165, 1.54) is 5.56 Å². The summed E-state index contributed by atoms with van der Waals surface area (Å²) in [6.07, 6.45) is 2.06. The lowest BCUT2D eigenvalue weighted by Gasteiger charge is -2.33. The summed E-state index contributed by atoms with van der Waals surface area (Å²) in [5.41, 5.74) is 2.05. The second-order valence-corrected chi connectivity index (χ2v) is 10.3. The quantitative estimate of drug-likeness (QED) is 0.605. The molecular formula is C21H30N6O4S. The average Bonchev–Trinajstić information content (AvgIpc) is 3.37. The van der Waals surface area contributed by atoms with E-state index in [-0.39, 0.29) is 18.3 Å². The SMILES string of the molecule is CCCS(=O)(=O)NCc1nnn2c1COC1(CCN(C(=O)NCCc3ccccc3)C1)C2. The van der Waals surface area contributed by atoms with Crippen molar-refractivity contribution in [1.29, 1.82) is 0 Å². The first-order valence-corrected chi connectivity index (χ1v) is 12.6. The van der Waals surface area contributed by atoms with Crippen molar-refractivity contribution in [3.8, 4) is 0 Å². The monoisotopic (exact) mass is 462 g/mol. The fourth-order valence-electron chi connectivity index (χ4n) is 4.19. The number of hydrogen-bond acceptors (Lipinski definition) is 6. The molecule has 174 valence electrons. The van der Waals surface area contributed by atoms with Crippen LogP contribution in [-0.4, -0.2) is 65.3 Å². The normalized spacial score (nSPS) is 20.5. The summed E-state index contributed by atoms with van der Waals surface area (Å²) in [6, 6.07) is 9.97. The predicted molar refractivity (Wildman–Crippen MR) is 118 cm³/mol. The summed E-state index contributed by atoms with van der Waals surface area (Å²) < 4.78 is 34.4. The number of fused-ring (bicyclic) bond motifs is 1. The van der Waals surface area contributed by atoms with Crippen LogP contribution in [0.5, 0.6) is 0 Å². The van der Waals surface area contributed by atoms with Gasteiger partial charge >= 0.3 is 6.03 Å². The number of rotatable bonds is 8. The fraction of sp³-hybridized carbons (Fsp3) is 0.571. The molecule has 3 heterocycles. The zero-order valence-corrected chi connectivity index (χ0v) is 19.1. The molecule has 0 radical (unpaired) electrons. The molecule has 2 N–H and O–H groups in total. The van der Waals surface area contributed by atoms with E-state index < -0.39 is 15.6 Å². The van der Waals surface area contributed by atoms with Crippen LogP contribution in [0, 0.1) is 0 Å². The van der Waals surface area contributed by atoms with Gasteiger partial charge in [-0.2, -0.15) is 0 Å². The number of aromatic nitrogens is 3. The van der Waals surface area contributed by atoms with Crippen LogP contribution in [0.2, 0.25) is 0 Å². The Balaban J connectivity index is 1.30. The summed E-state index contributed by atoms with van der Waals surface area (Å²) in [7, 11) is -3.32. The lowest BCUT2D eigenvalue weighted by Crippen LogP contribution is -2.47. The van der Waals surface area contributed by atoms with Gasteiger partial charge < -0.3 is 15.0 Å². The number of benzene rings is 1. The molecule has 1 aromatic carbocycles. The minimum Gasteiger partial charge on any atom is -0.365 e. The highest BCUT2D eigenvalue weighted by atomic mass is 32.2. The Labute approximate surface area is 188 Å². The summed E-state index contributed by atoms with van der Waals surface area (Å²) >= 11 is 0. The minimum atomic E-state index is -3.32. The summed E-state index contributed by atoms with van der Waals surface area (Å²) in [4.78, 5) is 14.4. The van der Waals surface area contributed by atoms with Crippen molar-refractivity contribution in [2.24, 2.45) is 0 Å². The third-order valence-corrected chi connectivity index (χ3v) is 7.47. The van der Waals surface area contributed by atoms with E-state index in [2.05, 4.69) is 20.4 Å². The highest BCUT2D eigenvalue weighted by molar-refractivity contribution is 7.89. The molecule has 1 spiro atoms. The van der Waals surface area contributed by atoms with E-state index in [0.717, 1.165) is 18.5 Å². The lowest BCUT2D eigenvalue weighted by atomic mass is 10.0. The summed E-state index contributed by atoms with van der Waals surface area (Å²) in [5.74, 6) is 0.0827. The Morgan fingerprint density at radius 2 is 2.06 bits per heavy atom. The van der Waals surface area contributed by atoms with E-state index in [4.69, 9.17) is 4.74 Å². The summed E-state index contributed by atoms with van der Waals surface area (Å²) in [6.45, 7) is 4.39. The van der Waals surface area contributed by atoms with Gasteiger partial charge in [-0.15, -0.1) is 5.10 Å². The molecule has 2 aromatic rings. The molecule has 2 aliphatic heterocycles. The van der Waals surface area contributed by atoms with Crippen LogP contribution in [0.3, 0.4) is 0 Å². The first-order chi connectivity index (χ1) is 15.4. The zero-order valence-electron chi connectivity index (χ0n) is 18.3. The molecule has 1 fully saturated rings. The smallest absolute Gasteiger partial charge is 0.317 e. The molecule has 11 heteroatoms. The molecule has 1 atom stereocenters. The van der Waals surface area contributed by atoms with Gasteiger partial charge in [0, 0.05) is 13.1 Å². The Morgan fingerprint density at radius 1 is 1.25 bits per heavy atom. The van der Waals surface area contributed by atoms with Gasteiger partial charge in [-0.3, -0.25) is 0 Å². The third kappa shape index (κ3) is 5.28. The maximum absolute atomic E-state index is 12.6. The highest BCUT2D eigenvalue weighted by Gasteiger charge is 2.44. The molecule has 1 saturated heterocycles. The molecule has 10 nitrogen and oxygen atoms in total. The first kappa shape index (κ1) is 22.7. The van der Waals surface area contributed by atoms with Crippen LogP contribution in [0.1, 0.15) is 36.7 Å². The molecular weight excluding hydrogens is 432 g/mol. The third-order valence-electron chi connectivity index (χ3n) is 5.94.